The van der Waals surface area contributed by atoms with E-state index >= 15 is 0 Å². The number of hydrogen-bond acceptors (Lipinski definition) is 17. The highest BCUT2D eigenvalue weighted by Gasteiger charge is 2.54. The fourth-order valence-electron chi connectivity index (χ4n) is 10.4. The number of carbonyl (C=O) groups excluding carboxylic acids is 9. The lowest BCUT2D eigenvalue weighted by Crippen LogP contribution is -2.59. The van der Waals surface area contributed by atoms with Crippen LogP contribution in [-0.2, 0) is 64.0 Å². The Hall–Kier alpha value is -8.68. The molecule has 2 fully saturated rings. The summed E-state index contributed by atoms with van der Waals surface area (Å²) < 4.78 is 5.85. The number of aliphatic imine (C=N–C) groups is 2. The minimum atomic E-state index is -1.94. The van der Waals surface area contributed by atoms with Gasteiger partial charge in [-0.3, -0.25) is 62.7 Å². The smallest absolute Gasteiger partial charge is 0.328 e. The van der Waals surface area contributed by atoms with Gasteiger partial charge in [0, 0.05) is 24.9 Å². The number of aliphatic hydroxyl groups excluding tert-OH is 2. The van der Waals surface area contributed by atoms with Crippen molar-refractivity contribution >= 4 is 82.9 Å². The highest BCUT2D eigenvalue weighted by Crippen LogP contribution is 2.59. The van der Waals surface area contributed by atoms with E-state index in [0.29, 0.717) is 35.7 Å². The number of ether oxygens (including phenoxy) is 1. The number of aryl methyl sites for hydroxylation is 1. The summed E-state index contributed by atoms with van der Waals surface area (Å²) in [4.78, 5) is 160. The summed E-state index contributed by atoms with van der Waals surface area (Å²) in [6, 6.07) is -4.80. The number of aliphatic hydroxyl groups is 2. The van der Waals surface area contributed by atoms with E-state index in [9.17, 15) is 78.0 Å². The van der Waals surface area contributed by atoms with E-state index < -0.39 is 147 Å². The lowest BCUT2D eigenvalue weighted by atomic mass is 9.55. The third-order valence-corrected chi connectivity index (χ3v) is 14.5. The second-order valence-corrected chi connectivity index (χ2v) is 20.3. The van der Waals surface area contributed by atoms with Gasteiger partial charge in [0.15, 0.2) is 18.5 Å². The van der Waals surface area contributed by atoms with Crippen molar-refractivity contribution in [1.29, 1.82) is 0 Å². The zero-order chi connectivity index (χ0) is 60.8. The number of Topliss-reactive ketones (excluding diaryl/α,β-unsaturated/α-hetero) is 1. The number of fused-ring (bicyclic) bond motifs is 5. The minimum absolute atomic E-state index is 0.0128. The van der Waals surface area contributed by atoms with Crippen molar-refractivity contribution in [3.05, 3.63) is 29.3 Å². The Bertz CT molecular complexity index is 2610. The number of carboxylic acids is 3. The summed E-state index contributed by atoms with van der Waals surface area (Å²) in [5, 5.41) is 64.6. The van der Waals surface area contributed by atoms with Crippen LogP contribution < -0.4 is 70.2 Å². The van der Waals surface area contributed by atoms with Crippen molar-refractivity contribution in [3.8, 4) is 5.75 Å². The summed E-state index contributed by atoms with van der Waals surface area (Å²) >= 11 is 0. The Morgan fingerprint density at radius 3 is 1.61 bits per heavy atom. The van der Waals surface area contributed by atoms with Crippen LogP contribution in [0.1, 0.15) is 94.6 Å². The average molecular weight is 1160 g/mol. The van der Waals surface area contributed by atoms with Crippen LogP contribution in [0.2, 0.25) is 0 Å². The normalized spacial score (nSPS) is 19.8. The van der Waals surface area contributed by atoms with Crippen molar-refractivity contribution < 1.29 is 87.8 Å². The van der Waals surface area contributed by atoms with Gasteiger partial charge in [-0.25, -0.2) is 4.79 Å². The molecule has 0 aromatic heterocycles. The fraction of sp³-hybridized carbons (Fsp3) is 0.600. The number of rotatable bonds is 33. The Kier molecular flexibility index (Phi) is 25.2. The van der Waals surface area contributed by atoms with Crippen molar-refractivity contribution in [3.63, 3.8) is 0 Å². The number of guanidine groups is 2. The number of carboxylic acid groups (broad SMARTS) is 3. The van der Waals surface area contributed by atoms with Crippen LogP contribution in [0.25, 0.3) is 0 Å². The van der Waals surface area contributed by atoms with E-state index in [0.717, 1.165) is 37.7 Å². The number of hydrogen-bond donors (Lipinski definition) is 17. The first-order chi connectivity index (χ1) is 38.8. The van der Waals surface area contributed by atoms with Gasteiger partial charge < -0.3 is 95.7 Å². The molecule has 1 aromatic carbocycles. The molecule has 0 unspecified atom stereocenters. The van der Waals surface area contributed by atoms with Crippen LogP contribution in [0.4, 0.5) is 0 Å². The summed E-state index contributed by atoms with van der Waals surface area (Å²) in [5.74, 6) is -12.4. The SMILES string of the molecule is C[C@]12CC[C@@H]3c4ccc(OCC(=O)N[C@@H](CCCN=C(N)N)C(=O)NCC(=O)N[C@@H](CC(=O)O)C(=O)N[C@@H](CO)C(=O)N[C@@H](CCCN=C(N)N)C(=O)NCC(=O)N[C@@H](CC(=O)O)C(=O)N[C@@H](CO)C(=O)O)cc4CC[C@H]3[C@@H]1CCC2=O. The topological polar surface area (TPSA) is 540 Å². The van der Waals surface area contributed by atoms with Gasteiger partial charge in [-0.15, -0.1) is 0 Å². The molecule has 3 aliphatic carbocycles. The minimum Gasteiger partial charge on any atom is -0.484 e. The van der Waals surface area contributed by atoms with E-state index in [1.807, 2.05) is 22.8 Å². The molecule has 0 bridgehead atoms. The Balaban J connectivity index is 1.35. The van der Waals surface area contributed by atoms with Crippen LogP contribution >= 0.6 is 0 Å². The number of nitrogens with zero attached hydrogens (tertiary/aromatic N) is 2. The van der Waals surface area contributed by atoms with Gasteiger partial charge in [0.2, 0.25) is 41.4 Å². The van der Waals surface area contributed by atoms with Crippen LogP contribution in [0.5, 0.6) is 5.75 Å². The molecule has 0 aliphatic heterocycles. The van der Waals surface area contributed by atoms with E-state index in [2.05, 4.69) is 48.8 Å². The van der Waals surface area contributed by atoms with Gasteiger partial charge in [0.25, 0.3) is 5.91 Å². The van der Waals surface area contributed by atoms with Gasteiger partial charge in [0.05, 0.1) is 39.1 Å². The zero-order valence-corrected chi connectivity index (χ0v) is 45.1. The standard InChI is InChI=1S/C50H74N14O18/c1-50-13-12-27-26-9-7-25(16-24(26)6-8-28(27)29(50)10-11-36(50)67)82-23-39(70)59-30(4-2-14-55-48(51)52)42(75)57-19-37(68)60-32(17-40(71)72)44(77)63-34(21-65)46(79)62-31(5-3-15-56-49(53)54)43(76)58-20-38(69)61-33(18-41(73)74)45(78)64-35(22-66)47(80)81/h7,9,16,27-35,65-66H,2-6,8,10-15,17-23H2,1H3,(H,57,75)(H,58,76)(H,59,70)(H,60,68)(H,61,69)(H,62,79)(H,63,77)(H,64,78)(H,71,72)(H,73,74)(H,80,81)(H4,51,52,55)(H4,53,54,56)/t27-,28-,29+,30+,31+,32+,33+,34+,35+,50+/m1/s1. The quantitative estimate of drug-likeness (QED) is 0.0177. The Morgan fingerprint density at radius 2 is 1.11 bits per heavy atom. The fourth-order valence-corrected chi connectivity index (χ4v) is 10.4. The Labute approximate surface area is 469 Å². The molecule has 0 heterocycles. The molecule has 8 amide bonds. The van der Waals surface area contributed by atoms with Crippen LogP contribution in [0.3, 0.4) is 0 Å². The van der Waals surface area contributed by atoms with Crippen molar-refractivity contribution in [2.45, 2.75) is 126 Å². The number of benzene rings is 1. The maximum absolute atomic E-state index is 13.5. The first-order valence-corrected chi connectivity index (χ1v) is 26.4. The van der Waals surface area contributed by atoms with E-state index in [1.54, 1.807) is 6.07 Å². The molecular weight excluding hydrogens is 1080 g/mol. The highest BCUT2D eigenvalue weighted by atomic mass is 16.5. The summed E-state index contributed by atoms with van der Waals surface area (Å²) in [5.41, 5.74) is 23.6. The molecule has 3 aliphatic rings. The Morgan fingerprint density at radius 1 is 0.622 bits per heavy atom. The van der Waals surface area contributed by atoms with E-state index in [1.165, 1.54) is 5.56 Å². The summed E-state index contributed by atoms with van der Waals surface area (Å²) in [6.07, 6.45) is 2.74. The first-order valence-electron chi connectivity index (χ1n) is 26.4. The molecule has 32 heteroatoms. The number of nitrogens with two attached hydrogens (primary N) is 4. The lowest BCUT2D eigenvalue weighted by molar-refractivity contribution is -0.144. The third-order valence-electron chi connectivity index (χ3n) is 14.5. The lowest BCUT2D eigenvalue weighted by Gasteiger charge is -2.48. The first kappa shape index (κ1) is 65.8. The summed E-state index contributed by atoms with van der Waals surface area (Å²) in [7, 11) is 0. The number of amides is 8. The van der Waals surface area contributed by atoms with Crippen LogP contribution in [-0.4, -0.2) is 191 Å². The average Bonchev–Trinajstić information content (AvgIpc) is 3.51. The molecule has 21 N–H and O–H groups in total. The maximum atomic E-state index is 13.5. The number of carbonyl (C=O) groups is 12. The summed E-state index contributed by atoms with van der Waals surface area (Å²) in [6.45, 7) is -2.49. The molecular formula is C50H74N14O18. The second-order valence-electron chi connectivity index (χ2n) is 20.3. The molecule has 4 rings (SSSR count). The van der Waals surface area contributed by atoms with Crippen molar-refractivity contribution in [2.24, 2.45) is 50.2 Å². The zero-order valence-electron chi connectivity index (χ0n) is 45.1. The maximum Gasteiger partial charge on any atom is 0.328 e. The molecule has 0 saturated heterocycles. The van der Waals surface area contributed by atoms with Gasteiger partial charge >= 0.3 is 17.9 Å². The van der Waals surface area contributed by atoms with E-state index in [4.69, 9.17) is 32.8 Å². The van der Waals surface area contributed by atoms with Crippen molar-refractivity contribution in [1.82, 2.24) is 42.5 Å². The molecule has 10 atom stereocenters. The van der Waals surface area contributed by atoms with Crippen LogP contribution in [0.15, 0.2) is 28.2 Å². The molecule has 2 saturated carbocycles. The van der Waals surface area contributed by atoms with E-state index in [-0.39, 0.29) is 56.1 Å². The van der Waals surface area contributed by atoms with Crippen LogP contribution in [0, 0.1) is 17.3 Å². The predicted octanol–water partition coefficient (Wildman–Crippen LogP) is -6.24. The largest absolute Gasteiger partial charge is 0.484 e. The second kappa shape index (κ2) is 31.4. The van der Waals surface area contributed by atoms with Crippen molar-refractivity contribution in [2.75, 3.05) is 46.0 Å². The molecule has 0 spiro atoms. The highest BCUT2D eigenvalue weighted by molar-refractivity contribution is 5.98. The number of aliphatic carboxylic acids is 3. The van der Waals surface area contributed by atoms with Gasteiger partial charge in [-0.1, -0.05) is 13.0 Å². The monoisotopic (exact) mass is 1160 g/mol. The number of ketones is 1. The molecule has 0 radical (unpaired) electrons. The predicted molar refractivity (Wildman–Crippen MR) is 285 cm³/mol. The van der Waals surface area contributed by atoms with Gasteiger partial charge in [-0.2, -0.15) is 0 Å². The van der Waals surface area contributed by atoms with Gasteiger partial charge in [0.1, 0.15) is 47.8 Å². The number of nitrogens with one attached hydrogen (secondary N) is 8. The molecule has 82 heavy (non-hydrogen) atoms. The molecule has 452 valence electrons. The molecule has 1 aromatic rings. The van der Waals surface area contributed by atoms with Gasteiger partial charge in [-0.05, 0) is 98.8 Å². The molecule has 32 nitrogen and oxygen atoms in total. The third kappa shape index (κ3) is 19.8.